The fourth-order valence-corrected chi connectivity index (χ4v) is 8.44. The van der Waals surface area contributed by atoms with Crippen LogP contribution in [0.15, 0.2) is 211 Å². The molecule has 0 amide bonds. The predicted molar refractivity (Wildman–Crippen MR) is 231 cm³/mol. The number of rotatable bonds is 6. The number of benzene rings is 9. The number of aromatic nitrogens is 1. The van der Waals surface area contributed by atoms with Gasteiger partial charge in [-0.2, -0.15) is 0 Å². The minimum absolute atomic E-state index is 0.872. The van der Waals surface area contributed by atoms with E-state index in [9.17, 15) is 0 Å². The van der Waals surface area contributed by atoms with E-state index in [-0.39, 0.29) is 0 Å². The lowest BCUT2D eigenvalue weighted by molar-refractivity contribution is 0.669. The number of furan rings is 1. The van der Waals surface area contributed by atoms with Crippen molar-refractivity contribution in [1.82, 2.24) is 4.57 Å². The maximum absolute atomic E-state index is 6.82. The quantitative estimate of drug-likeness (QED) is 0.172. The largest absolute Gasteiger partial charge is 0.454 e. The maximum atomic E-state index is 6.82. The van der Waals surface area contributed by atoms with Crippen LogP contribution in [0.4, 0.5) is 17.1 Å². The van der Waals surface area contributed by atoms with E-state index >= 15 is 0 Å². The molecule has 55 heavy (non-hydrogen) atoms. The molecule has 2 heterocycles. The van der Waals surface area contributed by atoms with E-state index in [0.717, 1.165) is 61.1 Å². The van der Waals surface area contributed by atoms with Crippen LogP contribution in [0.2, 0.25) is 0 Å². The molecule has 9 aromatic carbocycles. The molecule has 0 unspecified atom stereocenters. The van der Waals surface area contributed by atoms with Gasteiger partial charge >= 0.3 is 0 Å². The highest BCUT2D eigenvalue weighted by Gasteiger charge is 2.26. The summed E-state index contributed by atoms with van der Waals surface area (Å²) in [5.41, 5.74) is 13.2. The minimum atomic E-state index is 0.872. The van der Waals surface area contributed by atoms with Gasteiger partial charge in [0.05, 0.1) is 22.4 Å². The molecule has 258 valence electrons. The van der Waals surface area contributed by atoms with Crippen molar-refractivity contribution in [2.75, 3.05) is 4.90 Å². The zero-order valence-electron chi connectivity index (χ0n) is 29.9. The molecule has 0 bridgehead atoms. The van der Waals surface area contributed by atoms with Gasteiger partial charge in [-0.1, -0.05) is 152 Å². The summed E-state index contributed by atoms with van der Waals surface area (Å²) in [4.78, 5) is 2.41. The second-order valence-electron chi connectivity index (χ2n) is 14.1. The number of hydrogen-bond acceptors (Lipinski definition) is 2. The molecule has 0 radical (unpaired) electrons. The Morgan fingerprint density at radius 2 is 0.964 bits per heavy atom. The fourth-order valence-electron chi connectivity index (χ4n) is 8.44. The predicted octanol–water partition coefficient (Wildman–Crippen LogP) is 14.6. The smallest absolute Gasteiger partial charge is 0.160 e. The number of para-hydroxylation sites is 3. The van der Waals surface area contributed by atoms with E-state index in [0.29, 0.717) is 0 Å². The van der Waals surface area contributed by atoms with Crippen LogP contribution in [0.5, 0.6) is 0 Å². The van der Waals surface area contributed by atoms with Crippen LogP contribution in [0.25, 0.3) is 82.5 Å². The van der Waals surface area contributed by atoms with Crippen molar-refractivity contribution in [3.05, 3.63) is 206 Å². The summed E-state index contributed by atoms with van der Waals surface area (Å²) in [6, 6.07) is 73.8. The SMILES string of the molecule is c1ccc(-c2ccc(-c3ccc(-n4c5ccccc5c5c(N(c6ccccc6)c6c7ccccc7cc7c6oc6ccccc67)cccc54)cc3)cc2)cc1. The molecule has 0 aliphatic heterocycles. The fraction of sp³-hybridized carbons (Fsp3) is 0. The van der Waals surface area contributed by atoms with Crippen molar-refractivity contribution in [3.63, 3.8) is 0 Å². The van der Waals surface area contributed by atoms with Crippen LogP contribution in [-0.4, -0.2) is 4.57 Å². The third kappa shape index (κ3) is 5.05. The minimum Gasteiger partial charge on any atom is -0.454 e. The first kappa shape index (κ1) is 31.2. The number of hydrogen-bond donors (Lipinski definition) is 0. The zero-order chi connectivity index (χ0) is 36.3. The summed E-state index contributed by atoms with van der Waals surface area (Å²) < 4.78 is 9.22. The number of anilines is 3. The zero-order valence-corrected chi connectivity index (χ0v) is 29.9. The van der Waals surface area contributed by atoms with Crippen LogP contribution >= 0.6 is 0 Å². The van der Waals surface area contributed by atoms with E-state index in [2.05, 4.69) is 210 Å². The summed E-state index contributed by atoms with van der Waals surface area (Å²) in [7, 11) is 0. The average Bonchev–Trinajstić information content (AvgIpc) is 3.80. The van der Waals surface area contributed by atoms with Gasteiger partial charge in [-0.3, -0.25) is 0 Å². The van der Waals surface area contributed by atoms with Crippen molar-refractivity contribution in [1.29, 1.82) is 0 Å². The second-order valence-corrected chi connectivity index (χ2v) is 14.1. The van der Waals surface area contributed by atoms with Crippen LogP contribution in [-0.2, 0) is 0 Å². The van der Waals surface area contributed by atoms with Crippen LogP contribution < -0.4 is 4.90 Å². The Bertz CT molecular complexity index is 3180. The Labute approximate surface area is 318 Å². The van der Waals surface area contributed by atoms with Crippen LogP contribution in [0.3, 0.4) is 0 Å². The number of fused-ring (bicyclic) bond motifs is 7. The topological polar surface area (TPSA) is 21.3 Å². The van der Waals surface area contributed by atoms with Gasteiger partial charge in [-0.05, 0) is 82.2 Å². The molecular formula is C52H34N2O. The van der Waals surface area contributed by atoms with E-state index in [1.54, 1.807) is 0 Å². The molecular weight excluding hydrogens is 669 g/mol. The van der Waals surface area contributed by atoms with Gasteiger partial charge in [-0.25, -0.2) is 0 Å². The summed E-state index contributed by atoms with van der Waals surface area (Å²) >= 11 is 0. The molecule has 0 saturated carbocycles. The Kier molecular flexibility index (Phi) is 7.17. The van der Waals surface area contributed by atoms with E-state index < -0.39 is 0 Å². The lowest BCUT2D eigenvalue weighted by Gasteiger charge is -2.28. The van der Waals surface area contributed by atoms with Crippen LogP contribution in [0.1, 0.15) is 0 Å². The normalized spacial score (nSPS) is 11.6. The lowest BCUT2D eigenvalue weighted by atomic mass is 10.0. The Morgan fingerprint density at radius 1 is 0.400 bits per heavy atom. The highest BCUT2D eigenvalue weighted by molar-refractivity contribution is 6.22. The molecule has 2 aromatic heterocycles. The molecule has 0 spiro atoms. The van der Waals surface area contributed by atoms with E-state index in [1.165, 1.54) is 38.4 Å². The molecule has 0 saturated heterocycles. The second kappa shape index (κ2) is 12.6. The number of nitrogens with zero attached hydrogens (tertiary/aromatic N) is 2. The summed E-state index contributed by atoms with van der Waals surface area (Å²) in [5, 5.41) is 6.89. The highest BCUT2D eigenvalue weighted by Crippen LogP contribution is 2.49. The van der Waals surface area contributed by atoms with Gasteiger partial charge in [0.25, 0.3) is 0 Å². The van der Waals surface area contributed by atoms with Crippen molar-refractivity contribution < 1.29 is 4.42 Å². The summed E-state index contributed by atoms with van der Waals surface area (Å²) in [6.07, 6.45) is 0. The summed E-state index contributed by atoms with van der Waals surface area (Å²) in [6.45, 7) is 0. The molecule has 0 aliphatic rings. The summed E-state index contributed by atoms with van der Waals surface area (Å²) in [5.74, 6) is 0. The van der Waals surface area contributed by atoms with Gasteiger partial charge in [-0.15, -0.1) is 0 Å². The van der Waals surface area contributed by atoms with Gasteiger partial charge in [0.2, 0.25) is 0 Å². The van der Waals surface area contributed by atoms with E-state index in [4.69, 9.17) is 4.42 Å². The lowest BCUT2D eigenvalue weighted by Crippen LogP contribution is -2.11. The Hall–Kier alpha value is -7.36. The monoisotopic (exact) mass is 702 g/mol. The average molecular weight is 703 g/mol. The Balaban J connectivity index is 1.12. The van der Waals surface area contributed by atoms with Crippen molar-refractivity contribution in [3.8, 4) is 27.9 Å². The van der Waals surface area contributed by atoms with Crippen molar-refractivity contribution >= 4 is 71.6 Å². The molecule has 11 aromatic rings. The standard InChI is InChI=1S/C52H34N2O/c1-3-14-35(15-4-1)36-26-28-37(29-27-36)38-30-32-41(33-31-38)53-46-22-11-9-21-44(46)50-47(53)23-13-24-48(50)54(40-17-5-2-6-18-40)51-42-19-8-7-16-39(42)34-45-43-20-10-12-25-49(43)55-52(45)51/h1-34H. The van der Waals surface area contributed by atoms with Gasteiger partial charge in [0.15, 0.2) is 5.58 Å². The highest BCUT2D eigenvalue weighted by atomic mass is 16.3. The van der Waals surface area contributed by atoms with Crippen molar-refractivity contribution in [2.24, 2.45) is 0 Å². The first-order valence-electron chi connectivity index (χ1n) is 18.8. The molecule has 3 nitrogen and oxygen atoms in total. The molecule has 3 heteroatoms. The van der Waals surface area contributed by atoms with Gasteiger partial charge in [0, 0.05) is 38.3 Å². The van der Waals surface area contributed by atoms with Gasteiger partial charge in [0.1, 0.15) is 5.58 Å². The van der Waals surface area contributed by atoms with Gasteiger partial charge < -0.3 is 13.9 Å². The maximum Gasteiger partial charge on any atom is 0.160 e. The first-order valence-corrected chi connectivity index (χ1v) is 18.8. The molecule has 11 rings (SSSR count). The Morgan fingerprint density at radius 3 is 1.71 bits per heavy atom. The molecule has 0 atom stereocenters. The molecule has 0 aliphatic carbocycles. The molecule has 0 N–H and O–H groups in total. The third-order valence-corrected chi connectivity index (χ3v) is 11.0. The van der Waals surface area contributed by atoms with Crippen LogP contribution in [0, 0.1) is 0 Å². The van der Waals surface area contributed by atoms with E-state index in [1.807, 2.05) is 6.07 Å². The molecule has 0 fully saturated rings. The third-order valence-electron chi connectivity index (χ3n) is 11.0. The van der Waals surface area contributed by atoms with Crippen molar-refractivity contribution in [2.45, 2.75) is 0 Å². The first-order chi connectivity index (χ1) is 27.3.